The summed E-state index contributed by atoms with van der Waals surface area (Å²) in [6.07, 6.45) is 0. The van der Waals surface area contributed by atoms with Crippen molar-refractivity contribution in [2.24, 2.45) is 0 Å². The summed E-state index contributed by atoms with van der Waals surface area (Å²) in [6.45, 7) is 0. The summed E-state index contributed by atoms with van der Waals surface area (Å²) >= 11 is 0. The van der Waals surface area contributed by atoms with E-state index in [1.54, 1.807) is 0 Å². The number of benzene rings is 11. The van der Waals surface area contributed by atoms with Gasteiger partial charge in [0.2, 0.25) is 0 Å². The predicted molar refractivity (Wildman–Crippen MR) is 287 cm³/mol. The Morgan fingerprint density at radius 2 is 0.565 bits per heavy atom. The van der Waals surface area contributed by atoms with Crippen molar-refractivity contribution in [3.05, 3.63) is 330 Å². The van der Waals surface area contributed by atoms with Crippen molar-refractivity contribution in [2.75, 3.05) is 4.90 Å². The van der Waals surface area contributed by atoms with Gasteiger partial charge in [0.15, 0.2) is 0 Å². The zero-order valence-electron chi connectivity index (χ0n) is 38.1. The molecule has 2 aliphatic rings. The summed E-state index contributed by atoms with van der Waals surface area (Å²) in [5.74, 6) is 0. The molecule has 0 atom stereocenters. The molecular weight excluding hydrogens is 831 g/mol. The first-order valence-electron chi connectivity index (χ1n) is 24.0. The first-order chi connectivity index (χ1) is 34.2. The van der Waals surface area contributed by atoms with Crippen LogP contribution in [0, 0.1) is 0 Å². The van der Waals surface area contributed by atoms with E-state index < -0.39 is 10.8 Å². The third-order valence-corrected chi connectivity index (χ3v) is 14.8. The maximum Gasteiger partial charge on any atom is 0.0714 e. The van der Waals surface area contributed by atoms with Crippen molar-refractivity contribution >= 4 is 17.1 Å². The summed E-state index contributed by atoms with van der Waals surface area (Å²) in [7, 11) is 0. The van der Waals surface area contributed by atoms with Crippen LogP contribution in [-0.4, -0.2) is 0 Å². The van der Waals surface area contributed by atoms with E-state index in [9.17, 15) is 0 Å². The molecular formula is C68H47N. The van der Waals surface area contributed by atoms with Gasteiger partial charge in [0.1, 0.15) is 0 Å². The van der Waals surface area contributed by atoms with E-state index in [0.29, 0.717) is 0 Å². The average Bonchev–Trinajstić information content (AvgIpc) is 3.90. The molecule has 0 fully saturated rings. The summed E-state index contributed by atoms with van der Waals surface area (Å²) in [5, 5.41) is 0. The van der Waals surface area contributed by atoms with Gasteiger partial charge in [-0.05, 0) is 125 Å². The standard InChI is InChI=1S/C68H47N/c1-6-21-48(22-7-1)49-37-39-50(40-38-49)51-23-20-32-56(45-51)69(57-42-44-65-62(46-57)60-34-17-19-36-64(60)67(65,52-24-8-2-9-25-52)53-26-10-3-11-27-53)58-41-43-61-59-33-16-18-35-63(59)68(66(61)47-58,54-28-12-4-13-29-54)55-30-14-5-15-31-55/h1-47H. The molecule has 1 nitrogen and oxygen atoms in total. The van der Waals surface area contributed by atoms with Crippen LogP contribution < -0.4 is 4.90 Å². The van der Waals surface area contributed by atoms with Crippen LogP contribution in [0.1, 0.15) is 44.5 Å². The van der Waals surface area contributed by atoms with Gasteiger partial charge in [-0.3, -0.25) is 0 Å². The van der Waals surface area contributed by atoms with E-state index in [2.05, 4.69) is 290 Å². The first-order valence-corrected chi connectivity index (χ1v) is 24.0. The molecule has 0 saturated carbocycles. The average molecular weight is 878 g/mol. The highest BCUT2D eigenvalue weighted by atomic mass is 15.1. The quantitative estimate of drug-likeness (QED) is 0.140. The van der Waals surface area contributed by atoms with Crippen LogP contribution in [0.4, 0.5) is 17.1 Å². The Hall–Kier alpha value is -8.78. The summed E-state index contributed by atoms with van der Waals surface area (Å²) in [6, 6.07) is 105. The van der Waals surface area contributed by atoms with Gasteiger partial charge in [-0.25, -0.2) is 0 Å². The second-order valence-corrected chi connectivity index (χ2v) is 18.3. The van der Waals surface area contributed by atoms with Crippen molar-refractivity contribution in [1.82, 2.24) is 0 Å². The fourth-order valence-corrected chi connectivity index (χ4v) is 11.9. The van der Waals surface area contributed by atoms with Gasteiger partial charge >= 0.3 is 0 Å². The molecule has 0 spiro atoms. The minimum atomic E-state index is -0.541. The molecule has 2 aliphatic carbocycles. The number of hydrogen-bond acceptors (Lipinski definition) is 1. The topological polar surface area (TPSA) is 3.24 Å². The lowest BCUT2D eigenvalue weighted by Gasteiger charge is -2.35. The Bertz CT molecular complexity index is 3560. The van der Waals surface area contributed by atoms with Gasteiger partial charge in [0.05, 0.1) is 10.8 Å². The Labute approximate surface area is 404 Å². The van der Waals surface area contributed by atoms with Crippen LogP contribution in [-0.2, 0) is 10.8 Å². The molecule has 11 aromatic carbocycles. The van der Waals surface area contributed by atoms with E-state index in [1.165, 1.54) is 83.5 Å². The van der Waals surface area contributed by atoms with E-state index >= 15 is 0 Å². The number of nitrogens with zero attached hydrogens (tertiary/aromatic N) is 1. The van der Waals surface area contributed by atoms with Crippen LogP contribution in [0.3, 0.4) is 0 Å². The third-order valence-electron chi connectivity index (χ3n) is 14.8. The maximum absolute atomic E-state index is 2.49. The summed E-state index contributed by atoms with van der Waals surface area (Å²) in [4.78, 5) is 2.49. The molecule has 0 heterocycles. The van der Waals surface area contributed by atoms with Gasteiger partial charge in [0.25, 0.3) is 0 Å². The molecule has 0 unspecified atom stereocenters. The molecule has 0 amide bonds. The maximum atomic E-state index is 2.49. The fraction of sp³-hybridized carbons (Fsp3) is 0.0294. The number of rotatable bonds is 9. The van der Waals surface area contributed by atoms with Crippen molar-refractivity contribution in [3.8, 4) is 44.5 Å². The zero-order valence-corrected chi connectivity index (χ0v) is 38.1. The lowest BCUT2D eigenvalue weighted by atomic mass is 9.67. The molecule has 0 N–H and O–H groups in total. The fourth-order valence-electron chi connectivity index (χ4n) is 11.9. The van der Waals surface area contributed by atoms with Gasteiger partial charge in [-0.2, -0.15) is 0 Å². The highest BCUT2D eigenvalue weighted by Crippen LogP contribution is 2.59. The Kier molecular flexibility index (Phi) is 9.70. The van der Waals surface area contributed by atoms with Gasteiger partial charge in [-0.15, -0.1) is 0 Å². The minimum Gasteiger partial charge on any atom is -0.310 e. The van der Waals surface area contributed by atoms with E-state index in [-0.39, 0.29) is 0 Å². The Balaban J connectivity index is 1.05. The summed E-state index contributed by atoms with van der Waals surface area (Å²) in [5.41, 5.74) is 22.2. The number of fused-ring (bicyclic) bond motifs is 6. The Morgan fingerprint density at radius 1 is 0.203 bits per heavy atom. The van der Waals surface area contributed by atoms with Crippen molar-refractivity contribution in [2.45, 2.75) is 10.8 Å². The van der Waals surface area contributed by atoms with Crippen LogP contribution in [0.5, 0.6) is 0 Å². The highest BCUT2D eigenvalue weighted by Gasteiger charge is 2.48. The van der Waals surface area contributed by atoms with Crippen molar-refractivity contribution in [1.29, 1.82) is 0 Å². The molecule has 1 heteroatoms. The number of anilines is 3. The SMILES string of the molecule is c1ccc(-c2ccc(-c3cccc(N(c4ccc5c(c4)-c4ccccc4C5(c4ccccc4)c4ccccc4)c4ccc5c(c4)C(c4ccccc4)(c4ccccc4)c4ccccc4-5)c3)cc2)cc1. The smallest absolute Gasteiger partial charge is 0.0714 e. The molecule has 13 rings (SSSR count). The highest BCUT2D eigenvalue weighted by molar-refractivity contribution is 5.93. The predicted octanol–water partition coefficient (Wildman–Crippen LogP) is 17.2. The molecule has 324 valence electrons. The van der Waals surface area contributed by atoms with Crippen LogP contribution in [0.15, 0.2) is 285 Å². The Morgan fingerprint density at radius 3 is 1.12 bits per heavy atom. The lowest BCUT2D eigenvalue weighted by molar-refractivity contribution is 0.768. The molecule has 11 aromatic rings. The van der Waals surface area contributed by atoms with E-state index in [4.69, 9.17) is 0 Å². The van der Waals surface area contributed by atoms with Gasteiger partial charge < -0.3 is 4.90 Å². The summed E-state index contributed by atoms with van der Waals surface area (Å²) < 4.78 is 0. The van der Waals surface area contributed by atoms with Crippen molar-refractivity contribution in [3.63, 3.8) is 0 Å². The zero-order chi connectivity index (χ0) is 45.8. The second kappa shape index (κ2) is 16.5. The second-order valence-electron chi connectivity index (χ2n) is 18.3. The van der Waals surface area contributed by atoms with E-state index in [0.717, 1.165) is 22.6 Å². The molecule has 0 aliphatic heterocycles. The van der Waals surface area contributed by atoms with Crippen LogP contribution in [0.25, 0.3) is 44.5 Å². The van der Waals surface area contributed by atoms with Gasteiger partial charge in [0, 0.05) is 17.1 Å². The minimum absolute atomic E-state index is 0.492. The monoisotopic (exact) mass is 877 g/mol. The first kappa shape index (κ1) is 40.5. The van der Waals surface area contributed by atoms with Gasteiger partial charge in [-0.1, -0.05) is 249 Å². The molecule has 0 radical (unpaired) electrons. The van der Waals surface area contributed by atoms with Crippen LogP contribution >= 0.6 is 0 Å². The molecule has 69 heavy (non-hydrogen) atoms. The molecule has 0 bridgehead atoms. The lowest BCUT2D eigenvalue weighted by Crippen LogP contribution is -2.29. The van der Waals surface area contributed by atoms with Crippen molar-refractivity contribution < 1.29 is 0 Å². The van der Waals surface area contributed by atoms with E-state index in [1.807, 2.05) is 0 Å². The number of hydrogen-bond donors (Lipinski definition) is 0. The molecule has 0 saturated heterocycles. The third kappa shape index (κ3) is 6.32. The molecule has 0 aromatic heterocycles. The largest absolute Gasteiger partial charge is 0.310 e. The van der Waals surface area contributed by atoms with Crippen LogP contribution in [0.2, 0.25) is 0 Å². The normalized spacial score (nSPS) is 13.4.